The molecule has 0 N–H and O–H groups in total. The van der Waals surface area contributed by atoms with Gasteiger partial charge in [0.15, 0.2) is 0 Å². The van der Waals surface area contributed by atoms with Crippen molar-refractivity contribution in [1.82, 2.24) is 9.55 Å². The summed E-state index contributed by atoms with van der Waals surface area (Å²) in [5.41, 5.74) is 13.1. The van der Waals surface area contributed by atoms with Gasteiger partial charge in [-0.15, -0.1) is 0 Å². The van der Waals surface area contributed by atoms with Crippen LogP contribution in [-0.4, -0.2) is 9.55 Å². The number of nitrogens with zero attached hydrogens (tertiary/aromatic N) is 2. The lowest BCUT2D eigenvalue weighted by Crippen LogP contribution is -1.97. The molecule has 2 nitrogen and oxygen atoms in total. The van der Waals surface area contributed by atoms with Crippen molar-refractivity contribution in [3.8, 4) is 50.2 Å². The second kappa shape index (κ2) is 11.5. The molecule has 9 aromatic rings. The summed E-state index contributed by atoms with van der Waals surface area (Å²) >= 11 is 0. The van der Waals surface area contributed by atoms with E-state index in [0.29, 0.717) is 0 Å². The van der Waals surface area contributed by atoms with Crippen molar-refractivity contribution in [3.05, 3.63) is 182 Å². The van der Waals surface area contributed by atoms with Gasteiger partial charge >= 0.3 is 0 Å². The van der Waals surface area contributed by atoms with Crippen molar-refractivity contribution in [2.24, 2.45) is 0 Å². The molecule has 0 bridgehead atoms. The lowest BCUT2D eigenvalue weighted by Gasteiger charge is -2.18. The minimum Gasteiger partial charge on any atom is -0.297 e. The Morgan fingerprint density at radius 2 is 0.729 bits per heavy atom. The van der Waals surface area contributed by atoms with Gasteiger partial charge < -0.3 is 0 Å². The van der Waals surface area contributed by atoms with Crippen molar-refractivity contribution < 1.29 is 0 Å². The minimum absolute atomic E-state index is 0.986. The predicted octanol–water partition coefficient (Wildman–Crippen LogP) is 12.3. The van der Waals surface area contributed by atoms with Gasteiger partial charge in [-0.2, -0.15) is 0 Å². The standard InChI is InChI=1S/C46H32N2/c1-31-47-43-17-9-10-18-44(43)48(31)38-29-27-37(28-30-38)46-41-15-7-5-13-39(41)45(40-14-6-8-16-42(40)46)36-25-23-35(24-26-36)34-21-19-33(20-22-34)32-11-3-2-4-12-32/h2-30H,1H3. The average molecular weight is 613 g/mol. The Hall–Kier alpha value is -6.25. The molecule has 0 atom stereocenters. The number of hydrogen-bond donors (Lipinski definition) is 0. The third kappa shape index (κ3) is 4.70. The highest BCUT2D eigenvalue weighted by Gasteiger charge is 2.17. The summed E-state index contributed by atoms with van der Waals surface area (Å²) in [5, 5.41) is 5.02. The van der Waals surface area contributed by atoms with Crippen LogP contribution < -0.4 is 0 Å². The van der Waals surface area contributed by atoms with Crippen LogP contribution >= 0.6 is 0 Å². The number of aromatic nitrogens is 2. The lowest BCUT2D eigenvalue weighted by atomic mass is 9.85. The second-order valence-corrected chi connectivity index (χ2v) is 12.4. The Kier molecular flexibility index (Phi) is 6.72. The third-order valence-corrected chi connectivity index (χ3v) is 9.57. The maximum Gasteiger partial charge on any atom is 0.111 e. The van der Waals surface area contributed by atoms with Crippen molar-refractivity contribution in [1.29, 1.82) is 0 Å². The largest absolute Gasteiger partial charge is 0.297 e. The number of fused-ring (bicyclic) bond motifs is 3. The summed E-state index contributed by atoms with van der Waals surface area (Å²) in [6.07, 6.45) is 0. The van der Waals surface area contributed by atoms with Crippen molar-refractivity contribution in [3.63, 3.8) is 0 Å². The topological polar surface area (TPSA) is 17.8 Å². The highest BCUT2D eigenvalue weighted by Crippen LogP contribution is 2.44. The van der Waals surface area contributed by atoms with Crippen LogP contribution in [0.15, 0.2) is 176 Å². The Labute approximate surface area is 280 Å². The summed E-state index contributed by atoms with van der Waals surface area (Å²) in [4.78, 5) is 4.79. The molecule has 0 saturated carbocycles. The zero-order chi connectivity index (χ0) is 32.0. The lowest BCUT2D eigenvalue weighted by molar-refractivity contribution is 1.00. The number of hydrogen-bond acceptors (Lipinski definition) is 1. The van der Waals surface area contributed by atoms with Crippen molar-refractivity contribution >= 4 is 32.6 Å². The molecular weight excluding hydrogens is 581 g/mol. The fourth-order valence-electron chi connectivity index (χ4n) is 7.32. The maximum absolute atomic E-state index is 4.79. The van der Waals surface area contributed by atoms with Gasteiger partial charge in [0, 0.05) is 5.69 Å². The number of imidazole rings is 1. The molecule has 2 heteroatoms. The van der Waals surface area contributed by atoms with Crippen LogP contribution in [0.5, 0.6) is 0 Å². The normalized spacial score (nSPS) is 11.4. The molecule has 1 heterocycles. The summed E-state index contributed by atoms with van der Waals surface area (Å²) in [6, 6.07) is 63.5. The second-order valence-electron chi connectivity index (χ2n) is 12.4. The Bertz CT molecular complexity index is 2520. The van der Waals surface area contributed by atoms with Crippen LogP contribution in [0, 0.1) is 6.92 Å². The molecule has 226 valence electrons. The summed E-state index contributed by atoms with van der Waals surface area (Å²) in [7, 11) is 0. The van der Waals surface area contributed by atoms with Gasteiger partial charge in [-0.05, 0) is 97.2 Å². The van der Waals surface area contributed by atoms with E-state index in [1.807, 2.05) is 6.07 Å². The first-order chi connectivity index (χ1) is 23.7. The molecule has 48 heavy (non-hydrogen) atoms. The molecule has 1 aromatic heterocycles. The highest BCUT2D eigenvalue weighted by molar-refractivity contribution is 6.21. The monoisotopic (exact) mass is 612 g/mol. The van der Waals surface area contributed by atoms with Crippen molar-refractivity contribution in [2.45, 2.75) is 6.92 Å². The van der Waals surface area contributed by atoms with Crippen LogP contribution in [-0.2, 0) is 0 Å². The van der Waals surface area contributed by atoms with Gasteiger partial charge in [-0.3, -0.25) is 4.57 Å². The zero-order valence-corrected chi connectivity index (χ0v) is 26.6. The molecule has 0 amide bonds. The van der Waals surface area contributed by atoms with Gasteiger partial charge in [-0.1, -0.05) is 152 Å². The summed E-state index contributed by atoms with van der Waals surface area (Å²) in [6.45, 7) is 2.07. The minimum atomic E-state index is 0.986. The van der Waals surface area contributed by atoms with Crippen molar-refractivity contribution in [2.75, 3.05) is 0 Å². The van der Waals surface area contributed by atoms with E-state index in [2.05, 4.69) is 181 Å². The van der Waals surface area contributed by atoms with Crippen LogP contribution in [0.3, 0.4) is 0 Å². The van der Waals surface area contributed by atoms with Gasteiger partial charge in [0.05, 0.1) is 11.0 Å². The van der Waals surface area contributed by atoms with Gasteiger partial charge in [0.25, 0.3) is 0 Å². The van der Waals surface area contributed by atoms with E-state index < -0.39 is 0 Å². The smallest absolute Gasteiger partial charge is 0.111 e. The predicted molar refractivity (Wildman–Crippen MR) is 203 cm³/mol. The highest BCUT2D eigenvalue weighted by atomic mass is 15.1. The molecule has 9 rings (SSSR count). The Balaban J connectivity index is 1.13. The van der Waals surface area contributed by atoms with Crippen LogP contribution in [0.25, 0.3) is 82.8 Å². The summed E-state index contributed by atoms with van der Waals surface area (Å²) in [5.74, 6) is 0.986. The molecule has 0 aliphatic rings. The number of rotatable bonds is 5. The van der Waals surface area contributed by atoms with Crippen LogP contribution in [0.4, 0.5) is 0 Å². The van der Waals surface area contributed by atoms with Gasteiger partial charge in [0.1, 0.15) is 5.82 Å². The molecule has 0 aliphatic carbocycles. The van der Waals surface area contributed by atoms with Crippen LogP contribution in [0.2, 0.25) is 0 Å². The Morgan fingerprint density at radius 1 is 0.354 bits per heavy atom. The first kappa shape index (κ1) is 28.0. The third-order valence-electron chi connectivity index (χ3n) is 9.57. The number of aryl methyl sites for hydroxylation is 1. The van der Waals surface area contributed by atoms with E-state index in [4.69, 9.17) is 4.98 Å². The Morgan fingerprint density at radius 3 is 1.23 bits per heavy atom. The first-order valence-electron chi connectivity index (χ1n) is 16.5. The molecule has 0 fully saturated rings. The quantitative estimate of drug-likeness (QED) is 0.177. The van der Waals surface area contributed by atoms with E-state index in [-0.39, 0.29) is 0 Å². The van der Waals surface area contributed by atoms with Gasteiger partial charge in [0.2, 0.25) is 0 Å². The maximum atomic E-state index is 4.79. The molecule has 0 spiro atoms. The fourth-order valence-corrected chi connectivity index (χ4v) is 7.32. The zero-order valence-electron chi connectivity index (χ0n) is 26.6. The number of benzene rings is 8. The van der Waals surface area contributed by atoms with E-state index in [0.717, 1.165) is 22.5 Å². The molecule has 0 unspecified atom stereocenters. The van der Waals surface area contributed by atoms with Crippen LogP contribution in [0.1, 0.15) is 5.82 Å². The fraction of sp³-hybridized carbons (Fsp3) is 0.0217. The van der Waals surface area contributed by atoms with E-state index in [1.54, 1.807) is 0 Å². The molecular formula is C46H32N2. The first-order valence-corrected chi connectivity index (χ1v) is 16.5. The molecule has 0 saturated heterocycles. The number of para-hydroxylation sites is 2. The van der Waals surface area contributed by atoms with E-state index in [9.17, 15) is 0 Å². The average Bonchev–Trinajstić information content (AvgIpc) is 3.50. The SMILES string of the molecule is Cc1nc2ccccc2n1-c1ccc(-c2c3ccccc3c(-c3ccc(-c4ccc(-c5ccccc5)cc4)cc3)c3ccccc23)cc1. The molecule has 0 aliphatic heterocycles. The molecule has 0 radical (unpaired) electrons. The summed E-state index contributed by atoms with van der Waals surface area (Å²) < 4.78 is 2.24. The van der Waals surface area contributed by atoms with E-state index >= 15 is 0 Å². The molecule has 8 aromatic carbocycles. The van der Waals surface area contributed by atoms with E-state index in [1.165, 1.54) is 66.1 Å². The van der Waals surface area contributed by atoms with Gasteiger partial charge in [-0.25, -0.2) is 4.98 Å².